The first-order valence-corrected chi connectivity index (χ1v) is 12.3. The lowest BCUT2D eigenvalue weighted by atomic mass is 9.97. The maximum atomic E-state index is 12.9. The molecule has 1 heterocycles. The number of halogens is 1. The molecular weight excluding hydrogens is 474 g/mol. The normalized spacial score (nSPS) is 12.2. The molecule has 0 aliphatic heterocycles. The molecule has 7 nitrogen and oxygen atoms in total. The van der Waals surface area contributed by atoms with Crippen molar-refractivity contribution in [1.29, 1.82) is 0 Å². The lowest BCUT2D eigenvalue weighted by Crippen LogP contribution is -2.16. The first-order chi connectivity index (χ1) is 16.3. The minimum atomic E-state index is -3.83. The minimum Gasteiger partial charge on any atom is -0.378 e. The Hall–Kier alpha value is -3.62. The van der Waals surface area contributed by atoms with Crippen LogP contribution in [0.5, 0.6) is 0 Å². The smallest absolute Gasteiger partial charge is 0.263 e. The predicted molar refractivity (Wildman–Crippen MR) is 132 cm³/mol. The van der Waals surface area contributed by atoms with Crippen LogP contribution in [-0.2, 0) is 10.0 Å². The summed E-state index contributed by atoms with van der Waals surface area (Å²) in [5, 5.41) is 7.60. The van der Waals surface area contributed by atoms with E-state index in [1.54, 1.807) is 43.3 Å². The number of benzene rings is 3. The fourth-order valence-corrected chi connectivity index (χ4v) is 4.53. The summed E-state index contributed by atoms with van der Waals surface area (Å²) in [4.78, 5) is 13.0. The zero-order valence-electron chi connectivity index (χ0n) is 18.2. The summed E-state index contributed by atoms with van der Waals surface area (Å²) in [5.74, 6) is 0.594. The zero-order chi connectivity index (χ0) is 24.1. The van der Waals surface area contributed by atoms with Crippen LogP contribution in [0.2, 0.25) is 5.02 Å². The van der Waals surface area contributed by atoms with E-state index in [1.165, 1.54) is 18.2 Å². The third-order valence-corrected chi connectivity index (χ3v) is 6.75. The second-order valence-corrected chi connectivity index (χ2v) is 9.81. The molecule has 0 aliphatic rings. The Morgan fingerprint density at radius 2 is 1.68 bits per heavy atom. The van der Waals surface area contributed by atoms with E-state index in [2.05, 4.69) is 15.2 Å². The Labute approximate surface area is 202 Å². The average Bonchev–Trinajstić information content (AvgIpc) is 3.23. The van der Waals surface area contributed by atoms with E-state index in [0.29, 0.717) is 22.0 Å². The number of carbonyl (C=O) groups is 1. The topological polar surface area (TPSA) is 101 Å². The fourth-order valence-electron chi connectivity index (χ4n) is 3.42. The van der Waals surface area contributed by atoms with Gasteiger partial charge in [0, 0.05) is 28.8 Å². The van der Waals surface area contributed by atoms with Crippen molar-refractivity contribution < 1.29 is 17.7 Å². The molecule has 2 N–H and O–H groups in total. The number of ketones is 1. The van der Waals surface area contributed by atoms with Gasteiger partial charge in [0.1, 0.15) is 5.76 Å². The second kappa shape index (κ2) is 10.1. The maximum absolute atomic E-state index is 12.9. The van der Waals surface area contributed by atoms with Crippen LogP contribution in [0, 0.1) is 6.92 Å². The summed E-state index contributed by atoms with van der Waals surface area (Å²) < 4.78 is 32.5. The first-order valence-electron chi connectivity index (χ1n) is 10.5. The van der Waals surface area contributed by atoms with E-state index >= 15 is 0 Å². The number of hydrogen-bond acceptors (Lipinski definition) is 6. The molecule has 1 aromatic heterocycles. The number of rotatable bonds is 9. The van der Waals surface area contributed by atoms with Crippen molar-refractivity contribution in [3.8, 4) is 0 Å². The molecule has 9 heteroatoms. The van der Waals surface area contributed by atoms with E-state index in [-0.39, 0.29) is 29.0 Å². The Bertz CT molecular complexity index is 1370. The van der Waals surface area contributed by atoms with Gasteiger partial charge in [0.2, 0.25) is 0 Å². The summed E-state index contributed by atoms with van der Waals surface area (Å²) in [6.07, 6.45) is 0.207. The molecule has 0 radical (unpaired) electrons. The zero-order valence-corrected chi connectivity index (χ0v) is 19.8. The molecule has 0 spiro atoms. The number of nitrogens with zero attached hydrogens (tertiary/aromatic N) is 1. The highest BCUT2D eigenvalue weighted by molar-refractivity contribution is 7.92. The Kier molecular flexibility index (Phi) is 7.00. The summed E-state index contributed by atoms with van der Waals surface area (Å²) >= 11 is 6.04. The molecular formula is C25H22ClN3O4S. The Morgan fingerprint density at radius 1 is 1.00 bits per heavy atom. The molecule has 34 heavy (non-hydrogen) atoms. The minimum absolute atomic E-state index is 0.0145. The Balaban J connectivity index is 1.53. The van der Waals surface area contributed by atoms with Gasteiger partial charge < -0.3 is 9.84 Å². The lowest BCUT2D eigenvalue weighted by molar-refractivity contribution is 0.0976. The van der Waals surface area contributed by atoms with Crippen molar-refractivity contribution >= 4 is 38.9 Å². The van der Waals surface area contributed by atoms with Gasteiger partial charge in [0.15, 0.2) is 11.6 Å². The molecule has 0 fully saturated rings. The largest absolute Gasteiger partial charge is 0.378 e. The van der Waals surface area contributed by atoms with E-state index in [1.807, 2.05) is 30.3 Å². The van der Waals surface area contributed by atoms with Crippen LogP contribution in [0.1, 0.15) is 34.1 Å². The summed E-state index contributed by atoms with van der Waals surface area (Å²) in [6.45, 7) is 1.67. The molecule has 0 saturated heterocycles. The number of carbonyl (C=O) groups excluding carboxylic acids is 1. The highest BCUT2D eigenvalue weighted by Gasteiger charge is 2.19. The van der Waals surface area contributed by atoms with E-state index in [0.717, 1.165) is 5.56 Å². The molecule has 1 atom stereocenters. The summed E-state index contributed by atoms with van der Waals surface area (Å²) in [6, 6.07) is 23.8. The monoisotopic (exact) mass is 495 g/mol. The van der Waals surface area contributed by atoms with Crippen LogP contribution in [0.15, 0.2) is 94.3 Å². The van der Waals surface area contributed by atoms with Crippen LogP contribution in [0.25, 0.3) is 0 Å². The Morgan fingerprint density at radius 3 is 2.29 bits per heavy atom. The van der Waals surface area contributed by atoms with Crippen LogP contribution < -0.4 is 10.0 Å². The number of aryl methyl sites for hydroxylation is 1. The molecule has 174 valence electrons. The van der Waals surface area contributed by atoms with Crippen LogP contribution in [0.4, 0.5) is 11.5 Å². The number of hydrogen-bond donors (Lipinski definition) is 2. The standard InChI is InChI=1S/C25H22ClN3O4S/c1-17-15-25(28-33-17)29-34(31,32)22-13-11-21(12-14-22)27-23(18-7-9-20(26)10-8-18)16-24(30)19-5-3-2-4-6-19/h2-15,23,27H,16H2,1H3,(H,28,29). The molecule has 0 amide bonds. The fraction of sp³-hybridized carbons (Fsp3) is 0.120. The molecule has 3 aromatic carbocycles. The van der Waals surface area contributed by atoms with Crippen LogP contribution in [-0.4, -0.2) is 19.4 Å². The van der Waals surface area contributed by atoms with Gasteiger partial charge in [-0.15, -0.1) is 0 Å². The van der Waals surface area contributed by atoms with Crippen molar-refractivity contribution in [1.82, 2.24) is 5.16 Å². The molecule has 1 unspecified atom stereocenters. The summed E-state index contributed by atoms with van der Waals surface area (Å²) in [7, 11) is -3.83. The SMILES string of the molecule is Cc1cc(NS(=O)(=O)c2ccc(NC(CC(=O)c3ccccc3)c3ccc(Cl)cc3)cc2)no1. The van der Waals surface area contributed by atoms with Gasteiger partial charge in [0.05, 0.1) is 10.9 Å². The van der Waals surface area contributed by atoms with Crippen LogP contribution >= 0.6 is 11.6 Å². The summed E-state index contributed by atoms with van der Waals surface area (Å²) in [5.41, 5.74) is 2.17. The van der Waals surface area contributed by atoms with Gasteiger partial charge in [-0.25, -0.2) is 8.42 Å². The van der Waals surface area contributed by atoms with Gasteiger partial charge in [-0.05, 0) is 48.9 Å². The van der Waals surface area contributed by atoms with Gasteiger partial charge in [-0.2, -0.15) is 0 Å². The quantitative estimate of drug-likeness (QED) is 0.282. The number of sulfonamides is 1. The van der Waals surface area contributed by atoms with Gasteiger partial charge in [-0.1, -0.05) is 59.2 Å². The van der Waals surface area contributed by atoms with Gasteiger partial charge in [0.25, 0.3) is 10.0 Å². The molecule has 0 aliphatic carbocycles. The predicted octanol–water partition coefficient (Wildman–Crippen LogP) is 5.86. The van der Waals surface area contributed by atoms with Crippen molar-refractivity contribution in [2.75, 3.05) is 10.0 Å². The number of anilines is 2. The van der Waals surface area contributed by atoms with E-state index in [4.69, 9.17) is 16.1 Å². The first kappa shape index (κ1) is 23.5. The van der Waals surface area contributed by atoms with Crippen molar-refractivity contribution in [3.63, 3.8) is 0 Å². The van der Waals surface area contributed by atoms with E-state index in [9.17, 15) is 13.2 Å². The van der Waals surface area contributed by atoms with Gasteiger partial charge >= 0.3 is 0 Å². The molecule has 4 rings (SSSR count). The van der Waals surface area contributed by atoms with Crippen molar-refractivity contribution in [2.45, 2.75) is 24.3 Å². The maximum Gasteiger partial charge on any atom is 0.263 e. The van der Waals surface area contributed by atoms with Crippen molar-refractivity contribution in [2.24, 2.45) is 0 Å². The molecule has 0 saturated carbocycles. The van der Waals surface area contributed by atoms with Crippen molar-refractivity contribution in [3.05, 3.63) is 107 Å². The third kappa shape index (κ3) is 5.84. The molecule has 4 aromatic rings. The van der Waals surface area contributed by atoms with E-state index < -0.39 is 10.0 Å². The lowest BCUT2D eigenvalue weighted by Gasteiger charge is -2.20. The molecule has 0 bridgehead atoms. The van der Waals surface area contributed by atoms with Crippen LogP contribution in [0.3, 0.4) is 0 Å². The number of nitrogens with one attached hydrogen (secondary N) is 2. The number of Topliss-reactive ketones (excluding diaryl/α,β-unsaturated/α-hetero) is 1. The van der Waals surface area contributed by atoms with Gasteiger partial charge in [-0.3, -0.25) is 9.52 Å². The third-order valence-electron chi connectivity index (χ3n) is 5.13. The number of aromatic nitrogens is 1. The highest BCUT2D eigenvalue weighted by Crippen LogP contribution is 2.27. The average molecular weight is 496 g/mol. The second-order valence-electron chi connectivity index (χ2n) is 7.69. The highest BCUT2D eigenvalue weighted by atomic mass is 35.5.